The molecule has 1 saturated heterocycles. The molecular weight excluding hydrogens is 408 g/mol. The van der Waals surface area contributed by atoms with Gasteiger partial charge in [-0.15, -0.1) is 0 Å². The van der Waals surface area contributed by atoms with E-state index in [0.717, 1.165) is 43.2 Å². The lowest BCUT2D eigenvalue weighted by Crippen LogP contribution is -2.63. The van der Waals surface area contributed by atoms with Gasteiger partial charge in [-0.1, -0.05) is 67.1 Å². The fourth-order valence-electron chi connectivity index (χ4n) is 5.19. The largest absolute Gasteiger partial charge is 0.387 e. The Morgan fingerprint density at radius 2 is 1.12 bits per heavy atom. The fourth-order valence-corrected chi connectivity index (χ4v) is 5.19. The van der Waals surface area contributed by atoms with Crippen molar-refractivity contribution in [1.29, 1.82) is 0 Å². The van der Waals surface area contributed by atoms with E-state index < -0.39 is 42.4 Å². The van der Waals surface area contributed by atoms with Gasteiger partial charge >= 0.3 is 0 Å². The Balaban J connectivity index is 1.36. The van der Waals surface area contributed by atoms with Crippen molar-refractivity contribution in [1.82, 2.24) is 0 Å². The van der Waals surface area contributed by atoms with Crippen LogP contribution >= 0.6 is 0 Å². The molecule has 6 atom stereocenters. The average molecular weight is 441 g/mol. The van der Waals surface area contributed by atoms with E-state index in [4.69, 9.17) is 18.9 Å². The third-order valence-electron chi connectivity index (χ3n) is 6.88. The van der Waals surface area contributed by atoms with Crippen LogP contribution in [0.3, 0.4) is 0 Å². The summed E-state index contributed by atoms with van der Waals surface area (Å²) in [6.45, 7) is 0.648. The van der Waals surface area contributed by atoms with Crippen LogP contribution in [-0.2, 0) is 32.2 Å². The average Bonchev–Trinajstić information content (AvgIpc) is 3.19. The normalized spacial score (nSPS) is 33.8. The Labute approximate surface area is 189 Å². The van der Waals surface area contributed by atoms with Crippen molar-refractivity contribution in [2.24, 2.45) is 0 Å². The van der Waals surface area contributed by atoms with Crippen LogP contribution in [0.2, 0.25) is 0 Å². The molecule has 2 saturated carbocycles. The van der Waals surface area contributed by atoms with Gasteiger partial charge in [0.05, 0.1) is 13.2 Å². The van der Waals surface area contributed by atoms with Gasteiger partial charge in [-0.25, -0.2) is 0 Å². The summed E-state index contributed by atoms with van der Waals surface area (Å²) in [6.07, 6.45) is 0.174. The second-order valence-electron chi connectivity index (χ2n) is 9.14. The summed E-state index contributed by atoms with van der Waals surface area (Å²) in [7, 11) is 0. The zero-order valence-corrected chi connectivity index (χ0v) is 18.2. The molecule has 1 aliphatic heterocycles. The smallest absolute Gasteiger partial charge is 0.169 e. The molecule has 0 radical (unpaired) electrons. The number of aliphatic hydroxyl groups is 2. The van der Waals surface area contributed by atoms with E-state index in [1.165, 1.54) is 0 Å². The van der Waals surface area contributed by atoms with Gasteiger partial charge in [0.2, 0.25) is 0 Å². The van der Waals surface area contributed by atoms with E-state index >= 15 is 0 Å². The monoisotopic (exact) mass is 440 g/mol. The number of aliphatic hydroxyl groups excluding tert-OH is 2. The molecule has 6 heteroatoms. The Hall–Kier alpha value is -1.80. The Bertz CT molecular complexity index is 788. The zero-order valence-electron chi connectivity index (χ0n) is 18.2. The van der Waals surface area contributed by atoms with Crippen LogP contribution in [0.25, 0.3) is 0 Å². The highest BCUT2D eigenvalue weighted by Crippen LogP contribution is 2.46. The summed E-state index contributed by atoms with van der Waals surface area (Å²) in [5.74, 6) is -0.680. The van der Waals surface area contributed by atoms with Crippen molar-refractivity contribution < 1.29 is 29.2 Å². The lowest BCUT2D eigenvalue weighted by molar-refractivity contribution is -0.223. The number of rotatable bonds is 6. The number of fused-ring (bicyclic) bond motifs is 1. The van der Waals surface area contributed by atoms with E-state index in [1.54, 1.807) is 0 Å². The Morgan fingerprint density at radius 1 is 0.688 bits per heavy atom. The zero-order chi connectivity index (χ0) is 22.0. The molecule has 0 amide bonds. The molecule has 6 nitrogen and oxygen atoms in total. The highest BCUT2D eigenvalue weighted by atomic mass is 16.8. The van der Waals surface area contributed by atoms with Crippen molar-refractivity contribution in [3.63, 3.8) is 0 Å². The minimum absolute atomic E-state index is 0.324. The van der Waals surface area contributed by atoms with Crippen LogP contribution in [-0.4, -0.2) is 52.6 Å². The summed E-state index contributed by atoms with van der Waals surface area (Å²) in [5, 5.41) is 22.1. The molecule has 0 unspecified atom stereocenters. The molecule has 1 spiro atoms. The molecule has 32 heavy (non-hydrogen) atoms. The second-order valence-corrected chi connectivity index (χ2v) is 9.14. The predicted molar refractivity (Wildman–Crippen MR) is 118 cm³/mol. The maximum atomic E-state index is 11.0. The van der Waals surface area contributed by atoms with E-state index in [-0.39, 0.29) is 0 Å². The van der Waals surface area contributed by atoms with E-state index in [0.29, 0.717) is 13.2 Å². The fraction of sp³-hybridized carbons (Fsp3) is 0.538. The molecule has 172 valence electrons. The highest BCUT2D eigenvalue weighted by molar-refractivity contribution is 5.15. The molecule has 3 fully saturated rings. The first kappa shape index (κ1) is 22.0. The van der Waals surface area contributed by atoms with Gasteiger partial charge in [0.25, 0.3) is 0 Å². The first-order valence-corrected chi connectivity index (χ1v) is 11.7. The maximum absolute atomic E-state index is 11.0. The van der Waals surface area contributed by atoms with Gasteiger partial charge in [0.15, 0.2) is 5.79 Å². The van der Waals surface area contributed by atoms with Crippen molar-refractivity contribution in [2.75, 3.05) is 0 Å². The van der Waals surface area contributed by atoms with Gasteiger partial charge in [-0.05, 0) is 24.0 Å². The number of hydrogen-bond donors (Lipinski definition) is 2. The first-order chi connectivity index (χ1) is 15.7. The third-order valence-corrected chi connectivity index (χ3v) is 6.88. The molecule has 2 aliphatic carbocycles. The quantitative estimate of drug-likeness (QED) is 0.718. The maximum Gasteiger partial charge on any atom is 0.169 e. The molecule has 2 aromatic carbocycles. The van der Waals surface area contributed by atoms with Crippen molar-refractivity contribution in [3.05, 3.63) is 71.8 Å². The van der Waals surface area contributed by atoms with Crippen molar-refractivity contribution >= 4 is 0 Å². The van der Waals surface area contributed by atoms with Crippen molar-refractivity contribution in [2.45, 2.75) is 87.7 Å². The Kier molecular flexibility index (Phi) is 6.60. The van der Waals surface area contributed by atoms with Crippen LogP contribution in [0.1, 0.15) is 43.2 Å². The SMILES string of the molecule is O[C@@H]1[C@H](O)[C@@H](OCc2ccccc2)[C@H]2OC3(CCCCC3)O[C@H]2[C@@H]1OCc1ccccc1. The van der Waals surface area contributed by atoms with Crippen LogP contribution in [0.4, 0.5) is 0 Å². The first-order valence-electron chi connectivity index (χ1n) is 11.7. The molecule has 2 N–H and O–H groups in total. The van der Waals surface area contributed by atoms with Crippen molar-refractivity contribution in [3.8, 4) is 0 Å². The summed E-state index contributed by atoms with van der Waals surface area (Å²) >= 11 is 0. The van der Waals surface area contributed by atoms with E-state index in [2.05, 4.69) is 0 Å². The molecule has 1 heterocycles. The minimum Gasteiger partial charge on any atom is -0.387 e. The molecular formula is C26H32O6. The standard InChI is InChI=1S/C26H32O6/c27-20-21(28)23(30-17-19-12-6-2-7-13-19)25-24(31-26(32-25)14-8-3-9-15-26)22(20)29-16-18-10-4-1-5-11-18/h1-2,4-7,10-13,20-25,27-28H,3,8-9,14-17H2/t20-,21+,22-,23-,24+,25-/m1/s1. The van der Waals surface area contributed by atoms with Crippen LogP contribution < -0.4 is 0 Å². The van der Waals surface area contributed by atoms with Crippen LogP contribution in [0.5, 0.6) is 0 Å². The topological polar surface area (TPSA) is 77.4 Å². The second kappa shape index (κ2) is 9.59. The van der Waals surface area contributed by atoms with Crippen LogP contribution in [0.15, 0.2) is 60.7 Å². The van der Waals surface area contributed by atoms with E-state index in [1.807, 2.05) is 60.7 Å². The summed E-state index contributed by atoms with van der Waals surface area (Å²) < 4.78 is 25.3. The summed E-state index contributed by atoms with van der Waals surface area (Å²) in [5.41, 5.74) is 2.00. The van der Waals surface area contributed by atoms with Gasteiger partial charge < -0.3 is 29.2 Å². The number of ether oxygens (including phenoxy) is 4. The van der Waals surface area contributed by atoms with E-state index in [9.17, 15) is 10.2 Å². The highest BCUT2D eigenvalue weighted by Gasteiger charge is 2.61. The third kappa shape index (κ3) is 4.49. The summed E-state index contributed by atoms with van der Waals surface area (Å²) in [4.78, 5) is 0. The van der Waals surface area contributed by atoms with Gasteiger partial charge in [0, 0.05) is 12.8 Å². The number of benzene rings is 2. The molecule has 0 bridgehead atoms. The predicted octanol–water partition coefficient (Wildman–Crippen LogP) is 3.34. The van der Waals surface area contributed by atoms with Gasteiger partial charge in [-0.3, -0.25) is 0 Å². The van der Waals surface area contributed by atoms with Gasteiger partial charge in [0.1, 0.15) is 36.6 Å². The van der Waals surface area contributed by atoms with Crippen LogP contribution in [0, 0.1) is 0 Å². The summed E-state index contributed by atoms with van der Waals surface area (Å²) in [6, 6.07) is 19.6. The minimum atomic E-state index is -1.14. The molecule has 3 aliphatic rings. The van der Waals surface area contributed by atoms with Gasteiger partial charge in [-0.2, -0.15) is 0 Å². The molecule has 5 rings (SSSR count). The molecule has 2 aromatic rings. The lowest BCUT2D eigenvalue weighted by atomic mass is 9.84. The Morgan fingerprint density at radius 3 is 1.56 bits per heavy atom. The number of hydrogen-bond acceptors (Lipinski definition) is 6. The molecule has 0 aromatic heterocycles. The lowest BCUT2D eigenvalue weighted by Gasteiger charge is -2.43.